The molecule has 0 aliphatic heterocycles. The summed E-state index contributed by atoms with van der Waals surface area (Å²) in [4.78, 5) is 15.6. The lowest BCUT2D eigenvalue weighted by atomic mass is 9.81. The van der Waals surface area contributed by atoms with Crippen molar-refractivity contribution in [2.24, 2.45) is 11.8 Å². The second-order valence-corrected chi connectivity index (χ2v) is 5.71. The first-order chi connectivity index (χ1) is 9.76. The molecule has 2 heterocycles. The Kier molecular flexibility index (Phi) is 3.71. The topological polar surface area (TPSA) is 92.5 Å². The molecule has 0 aromatic carbocycles. The van der Waals surface area contributed by atoms with Crippen LogP contribution in [-0.2, 0) is 0 Å². The van der Waals surface area contributed by atoms with Crippen LogP contribution in [0.3, 0.4) is 0 Å². The first-order valence-electron chi connectivity index (χ1n) is 7.46. The van der Waals surface area contributed by atoms with Gasteiger partial charge in [0.25, 0.3) is 0 Å². The largest absolute Gasteiger partial charge is 0.368 e. The van der Waals surface area contributed by atoms with E-state index in [1.54, 1.807) is 6.33 Å². The van der Waals surface area contributed by atoms with Gasteiger partial charge in [-0.15, -0.1) is 0 Å². The summed E-state index contributed by atoms with van der Waals surface area (Å²) in [5, 5.41) is 3.41. The van der Waals surface area contributed by atoms with Crippen LogP contribution in [0.25, 0.3) is 11.2 Å². The van der Waals surface area contributed by atoms with E-state index in [-0.39, 0.29) is 5.95 Å². The number of nitrogens with one attached hydrogen (secondary N) is 2. The number of rotatable bonds is 4. The van der Waals surface area contributed by atoms with Crippen LogP contribution in [-0.4, -0.2) is 26.5 Å². The molecule has 0 saturated heterocycles. The van der Waals surface area contributed by atoms with Crippen LogP contribution in [0.5, 0.6) is 0 Å². The fraction of sp³-hybridized carbons (Fsp3) is 0.643. The maximum Gasteiger partial charge on any atom is 0.224 e. The Morgan fingerprint density at radius 2 is 2.00 bits per heavy atom. The van der Waals surface area contributed by atoms with Gasteiger partial charge in [0.1, 0.15) is 5.52 Å². The predicted molar refractivity (Wildman–Crippen MR) is 80.3 cm³/mol. The molecular weight excluding hydrogens is 252 g/mol. The zero-order valence-corrected chi connectivity index (χ0v) is 11.9. The van der Waals surface area contributed by atoms with Crippen LogP contribution in [0.4, 0.5) is 11.8 Å². The van der Waals surface area contributed by atoms with E-state index in [1.165, 1.54) is 32.1 Å². The molecule has 108 valence electrons. The van der Waals surface area contributed by atoms with Crippen LogP contribution in [0.15, 0.2) is 6.33 Å². The van der Waals surface area contributed by atoms with E-state index in [9.17, 15) is 0 Å². The van der Waals surface area contributed by atoms with Crippen molar-refractivity contribution >= 4 is 22.9 Å². The van der Waals surface area contributed by atoms with Gasteiger partial charge in [-0.25, -0.2) is 4.98 Å². The second-order valence-electron chi connectivity index (χ2n) is 5.71. The van der Waals surface area contributed by atoms with Gasteiger partial charge in [0, 0.05) is 6.54 Å². The van der Waals surface area contributed by atoms with Gasteiger partial charge < -0.3 is 16.0 Å². The van der Waals surface area contributed by atoms with E-state index in [2.05, 4.69) is 32.2 Å². The standard InChI is InChI=1S/C14H22N6/c1-2-9-3-5-10(6-4-9)7-16-12-11-13(18-8-17-11)20-14(15)19-12/h8-10H,2-7H2,1H3,(H4,15,16,17,18,19,20). The lowest BCUT2D eigenvalue weighted by Gasteiger charge is -2.28. The van der Waals surface area contributed by atoms with Gasteiger partial charge in [-0.1, -0.05) is 26.2 Å². The van der Waals surface area contributed by atoms with Crippen molar-refractivity contribution in [1.82, 2.24) is 19.9 Å². The molecule has 2 aromatic rings. The highest BCUT2D eigenvalue weighted by Crippen LogP contribution is 2.31. The van der Waals surface area contributed by atoms with E-state index in [1.807, 2.05) is 0 Å². The molecule has 0 spiro atoms. The van der Waals surface area contributed by atoms with Gasteiger partial charge in [-0.2, -0.15) is 9.97 Å². The van der Waals surface area contributed by atoms with Gasteiger partial charge in [-0.05, 0) is 24.7 Å². The highest BCUT2D eigenvalue weighted by atomic mass is 15.1. The summed E-state index contributed by atoms with van der Waals surface area (Å²) in [5.41, 5.74) is 7.17. The van der Waals surface area contributed by atoms with Crippen LogP contribution in [0.2, 0.25) is 0 Å². The van der Waals surface area contributed by atoms with E-state index in [0.29, 0.717) is 5.65 Å². The number of nitrogen functional groups attached to an aromatic ring is 1. The molecule has 1 aliphatic carbocycles. The number of anilines is 2. The predicted octanol–water partition coefficient (Wildman–Crippen LogP) is 2.56. The Morgan fingerprint density at radius 1 is 1.25 bits per heavy atom. The van der Waals surface area contributed by atoms with Gasteiger partial charge in [0.15, 0.2) is 11.5 Å². The Hall–Kier alpha value is -1.85. The summed E-state index contributed by atoms with van der Waals surface area (Å²) in [6.07, 6.45) is 8.26. The number of imidazole rings is 1. The molecule has 0 bridgehead atoms. The molecule has 0 atom stereocenters. The van der Waals surface area contributed by atoms with Crippen molar-refractivity contribution in [2.75, 3.05) is 17.6 Å². The monoisotopic (exact) mass is 274 g/mol. The number of H-pyrrole nitrogens is 1. The first-order valence-corrected chi connectivity index (χ1v) is 7.46. The zero-order valence-electron chi connectivity index (χ0n) is 11.9. The third-order valence-electron chi connectivity index (χ3n) is 4.40. The SMILES string of the molecule is CCC1CCC(CNc2nc(N)nc3nc[nH]c23)CC1. The highest BCUT2D eigenvalue weighted by molar-refractivity contribution is 5.83. The molecule has 3 rings (SSSR count). The van der Waals surface area contributed by atoms with Crippen LogP contribution in [0.1, 0.15) is 39.0 Å². The second kappa shape index (κ2) is 5.64. The number of nitrogens with two attached hydrogens (primary N) is 1. The van der Waals surface area contributed by atoms with E-state index in [0.717, 1.165) is 29.7 Å². The van der Waals surface area contributed by atoms with Gasteiger partial charge in [0.2, 0.25) is 5.95 Å². The summed E-state index contributed by atoms with van der Waals surface area (Å²) in [6.45, 7) is 3.24. The van der Waals surface area contributed by atoms with E-state index >= 15 is 0 Å². The average Bonchev–Trinajstić information content (AvgIpc) is 2.93. The van der Waals surface area contributed by atoms with E-state index in [4.69, 9.17) is 5.73 Å². The molecule has 4 N–H and O–H groups in total. The minimum Gasteiger partial charge on any atom is -0.368 e. The van der Waals surface area contributed by atoms with Crippen molar-refractivity contribution in [1.29, 1.82) is 0 Å². The highest BCUT2D eigenvalue weighted by Gasteiger charge is 2.20. The molecule has 2 aromatic heterocycles. The van der Waals surface area contributed by atoms with E-state index < -0.39 is 0 Å². The summed E-state index contributed by atoms with van der Waals surface area (Å²) in [7, 11) is 0. The number of aromatic nitrogens is 4. The maximum absolute atomic E-state index is 5.71. The van der Waals surface area contributed by atoms with Gasteiger partial charge in [-0.3, -0.25) is 0 Å². The quantitative estimate of drug-likeness (QED) is 0.796. The fourth-order valence-electron chi connectivity index (χ4n) is 3.06. The summed E-state index contributed by atoms with van der Waals surface area (Å²) >= 11 is 0. The molecule has 20 heavy (non-hydrogen) atoms. The summed E-state index contributed by atoms with van der Waals surface area (Å²) in [5.74, 6) is 2.69. The minimum atomic E-state index is 0.266. The Bertz CT molecular complexity index is 570. The first kappa shape index (κ1) is 13.1. The average molecular weight is 274 g/mol. The van der Waals surface area contributed by atoms with Crippen molar-refractivity contribution in [3.8, 4) is 0 Å². The molecular formula is C14H22N6. The lowest BCUT2D eigenvalue weighted by Crippen LogP contribution is -2.21. The van der Waals surface area contributed by atoms with Crippen LogP contribution in [0, 0.1) is 11.8 Å². The smallest absolute Gasteiger partial charge is 0.224 e. The van der Waals surface area contributed by atoms with Gasteiger partial charge in [0.05, 0.1) is 6.33 Å². The molecule has 1 saturated carbocycles. The summed E-state index contributed by atoms with van der Waals surface area (Å²) in [6, 6.07) is 0. The Balaban J connectivity index is 1.64. The van der Waals surface area contributed by atoms with Crippen LogP contribution >= 0.6 is 0 Å². The number of hydrogen-bond donors (Lipinski definition) is 3. The van der Waals surface area contributed by atoms with Crippen molar-refractivity contribution in [3.05, 3.63) is 6.33 Å². The molecule has 6 nitrogen and oxygen atoms in total. The normalized spacial score (nSPS) is 23.1. The van der Waals surface area contributed by atoms with Crippen LogP contribution < -0.4 is 11.1 Å². The molecule has 0 amide bonds. The molecule has 0 radical (unpaired) electrons. The van der Waals surface area contributed by atoms with Crippen molar-refractivity contribution in [2.45, 2.75) is 39.0 Å². The lowest BCUT2D eigenvalue weighted by molar-refractivity contribution is 0.278. The molecule has 1 fully saturated rings. The maximum atomic E-state index is 5.71. The number of aromatic amines is 1. The zero-order chi connectivity index (χ0) is 13.9. The fourth-order valence-corrected chi connectivity index (χ4v) is 3.06. The molecule has 0 unspecified atom stereocenters. The third kappa shape index (κ3) is 2.69. The molecule has 1 aliphatic rings. The van der Waals surface area contributed by atoms with Crippen molar-refractivity contribution < 1.29 is 0 Å². The number of fused-ring (bicyclic) bond motifs is 1. The Morgan fingerprint density at radius 3 is 2.75 bits per heavy atom. The number of hydrogen-bond acceptors (Lipinski definition) is 5. The summed E-state index contributed by atoms with van der Waals surface area (Å²) < 4.78 is 0. The molecule has 6 heteroatoms. The minimum absolute atomic E-state index is 0.266. The Labute approximate surface area is 118 Å². The van der Waals surface area contributed by atoms with Gasteiger partial charge >= 0.3 is 0 Å². The third-order valence-corrected chi connectivity index (χ3v) is 4.40. The number of nitrogens with zero attached hydrogens (tertiary/aromatic N) is 3. The van der Waals surface area contributed by atoms with Crippen molar-refractivity contribution in [3.63, 3.8) is 0 Å².